The van der Waals surface area contributed by atoms with Crippen molar-refractivity contribution < 1.29 is 53.5 Å². The van der Waals surface area contributed by atoms with Gasteiger partial charge in [-0.1, -0.05) is 33.6 Å². The van der Waals surface area contributed by atoms with E-state index in [-0.39, 0.29) is 26.5 Å². The first kappa shape index (κ1) is 32.4. The zero-order valence-electron chi connectivity index (χ0n) is 19.3. The van der Waals surface area contributed by atoms with Crippen LogP contribution in [0.25, 0.3) is 5.83 Å². The highest BCUT2D eigenvalue weighted by atomic mass is 79.9. The van der Waals surface area contributed by atoms with Crippen molar-refractivity contribution in [2.75, 3.05) is 20.1 Å². The average Bonchev–Trinajstić information content (AvgIpc) is 2.77. The van der Waals surface area contributed by atoms with Crippen molar-refractivity contribution >= 4 is 45.2 Å². The molecule has 0 fully saturated rings. The molecule has 0 aromatic heterocycles. The average molecular weight is 658 g/mol. The zero-order valence-corrected chi connectivity index (χ0v) is 21.7. The van der Waals surface area contributed by atoms with Crippen LogP contribution in [0.5, 0.6) is 0 Å². The molecule has 0 saturated heterocycles. The fourth-order valence-corrected chi connectivity index (χ4v) is 4.13. The molecule has 2 amide bonds. The molecule has 214 valence electrons. The lowest BCUT2D eigenvalue weighted by Crippen LogP contribution is -2.42. The molecule has 1 unspecified atom stereocenters. The van der Waals surface area contributed by atoms with Crippen LogP contribution in [-0.4, -0.2) is 49.2 Å². The fraction of sp³-hybridized carbons (Fsp3) is 0.304. The van der Waals surface area contributed by atoms with Gasteiger partial charge in [-0.05, 0) is 42.0 Å². The van der Waals surface area contributed by atoms with Crippen LogP contribution in [0.1, 0.15) is 33.0 Å². The molecule has 2 aromatic rings. The van der Waals surface area contributed by atoms with Crippen LogP contribution in [0, 0.1) is 0 Å². The van der Waals surface area contributed by atoms with Crippen LogP contribution in [-0.2, 0) is 11.0 Å². The highest BCUT2D eigenvalue weighted by molar-refractivity contribution is 9.10. The molecular weight excluding hydrogens is 642 g/mol. The minimum absolute atomic E-state index is 0.0441. The van der Waals surface area contributed by atoms with E-state index in [0.29, 0.717) is 12.1 Å². The third kappa shape index (κ3) is 9.41. The molecular formula is C23H16BrClF10N2O2. The summed E-state index contributed by atoms with van der Waals surface area (Å²) in [5.74, 6) is -7.12. The number of nitrogens with zero attached hydrogens (tertiary/aromatic N) is 1. The van der Waals surface area contributed by atoms with Crippen molar-refractivity contribution in [3.63, 3.8) is 0 Å². The van der Waals surface area contributed by atoms with Gasteiger partial charge in [-0.2, -0.15) is 39.5 Å². The van der Waals surface area contributed by atoms with E-state index in [4.69, 9.17) is 11.6 Å². The zero-order chi connectivity index (χ0) is 29.9. The topological polar surface area (TPSA) is 49.4 Å². The molecule has 0 aliphatic heterocycles. The molecule has 0 heterocycles. The third-order valence-electron chi connectivity index (χ3n) is 5.00. The van der Waals surface area contributed by atoms with Gasteiger partial charge in [-0.25, -0.2) is 4.39 Å². The summed E-state index contributed by atoms with van der Waals surface area (Å²) in [6, 6.07) is 4.32. The second-order valence-electron chi connectivity index (χ2n) is 8.04. The van der Waals surface area contributed by atoms with Crippen molar-refractivity contribution in [3.8, 4) is 0 Å². The number of rotatable bonds is 7. The molecule has 0 aliphatic carbocycles. The van der Waals surface area contributed by atoms with Crippen LogP contribution in [0.3, 0.4) is 0 Å². The molecule has 16 heteroatoms. The Bertz CT molecular complexity index is 1240. The Morgan fingerprint density at radius 3 is 2.15 bits per heavy atom. The molecule has 0 saturated carbocycles. The number of alkyl halides is 9. The van der Waals surface area contributed by atoms with Gasteiger partial charge in [0.1, 0.15) is 18.3 Å². The van der Waals surface area contributed by atoms with Gasteiger partial charge >= 0.3 is 18.5 Å². The van der Waals surface area contributed by atoms with E-state index in [0.717, 1.165) is 19.2 Å². The predicted octanol–water partition coefficient (Wildman–Crippen LogP) is 7.53. The van der Waals surface area contributed by atoms with Crippen molar-refractivity contribution in [3.05, 3.63) is 74.2 Å². The molecule has 1 N–H and O–H groups in total. The summed E-state index contributed by atoms with van der Waals surface area (Å²) in [7, 11) is 0.753. The summed E-state index contributed by atoms with van der Waals surface area (Å²) >= 11 is 8.71. The van der Waals surface area contributed by atoms with E-state index in [1.165, 1.54) is 6.07 Å². The Morgan fingerprint density at radius 2 is 1.64 bits per heavy atom. The number of benzene rings is 2. The first-order chi connectivity index (χ1) is 17.7. The molecule has 0 spiro atoms. The summed E-state index contributed by atoms with van der Waals surface area (Å²) in [6.07, 6.45) is -15.1. The monoisotopic (exact) mass is 656 g/mol. The van der Waals surface area contributed by atoms with Crippen molar-refractivity contribution in [1.82, 2.24) is 10.2 Å². The summed E-state index contributed by atoms with van der Waals surface area (Å²) < 4.78 is 134. The molecule has 0 radical (unpaired) electrons. The van der Waals surface area contributed by atoms with E-state index in [9.17, 15) is 53.5 Å². The molecule has 2 rings (SSSR count). The molecule has 2 aromatic carbocycles. The Morgan fingerprint density at radius 1 is 1.03 bits per heavy atom. The van der Waals surface area contributed by atoms with Gasteiger partial charge in [0.15, 0.2) is 0 Å². The summed E-state index contributed by atoms with van der Waals surface area (Å²) in [5, 5.41) is 1.61. The Kier molecular flexibility index (Phi) is 10.1. The summed E-state index contributed by atoms with van der Waals surface area (Å²) in [6.45, 7) is -2.78. The van der Waals surface area contributed by atoms with Crippen LogP contribution >= 0.6 is 27.5 Å². The quantitative estimate of drug-likeness (QED) is 0.313. The molecule has 0 aliphatic rings. The number of hydrogen-bond donors (Lipinski definition) is 1. The van der Waals surface area contributed by atoms with E-state index < -0.39 is 77.4 Å². The Hall–Kier alpha value is -2.81. The van der Waals surface area contributed by atoms with Gasteiger partial charge in [0.2, 0.25) is 5.91 Å². The lowest BCUT2D eigenvalue weighted by Gasteiger charge is -2.20. The van der Waals surface area contributed by atoms with Gasteiger partial charge in [0.25, 0.3) is 5.91 Å². The van der Waals surface area contributed by atoms with E-state index >= 15 is 0 Å². The largest absolute Gasteiger partial charge is 0.417 e. The second kappa shape index (κ2) is 12.1. The number of nitrogens with one attached hydrogen (secondary N) is 1. The number of carbonyl (C=O) groups is 2. The van der Waals surface area contributed by atoms with E-state index in [2.05, 4.69) is 15.9 Å². The predicted molar refractivity (Wildman–Crippen MR) is 125 cm³/mol. The first-order valence-electron chi connectivity index (χ1n) is 10.4. The van der Waals surface area contributed by atoms with E-state index in [1.807, 2.05) is 0 Å². The highest BCUT2D eigenvalue weighted by Crippen LogP contribution is 2.41. The lowest BCUT2D eigenvalue weighted by molar-refractivity contribution is -0.157. The fourth-order valence-electron chi connectivity index (χ4n) is 3.25. The Balaban J connectivity index is 2.40. The van der Waals surface area contributed by atoms with Crippen LogP contribution < -0.4 is 5.32 Å². The lowest BCUT2D eigenvalue weighted by atomic mass is 9.95. The highest BCUT2D eigenvalue weighted by Gasteiger charge is 2.41. The number of allylic oxidation sites excluding steroid dienone is 1. The molecule has 39 heavy (non-hydrogen) atoms. The smallest absolute Gasteiger partial charge is 0.343 e. The van der Waals surface area contributed by atoms with Crippen molar-refractivity contribution in [1.29, 1.82) is 0 Å². The normalized spacial score (nSPS) is 13.7. The van der Waals surface area contributed by atoms with Gasteiger partial charge in [0.05, 0.1) is 17.7 Å². The summed E-state index contributed by atoms with van der Waals surface area (Å²) in [5.41, 5.74) is -4.36. The van der Waals surface area contributed by atoms with Gasteiger partial charge in [0, 0.05) is 22.1 Å². The minimum Gasteiger partial charge on any atom is -0.343 e. The van der Waals surface area contributed by atoms with Crippen LogP contribution in [0.4, 0.5) is 43.9 Å². The molecule has 0 bridgehead atoms. The number of halogens is 12. The number of amides is 2. The van der Waals surface area contributed by atoms with Crippen molar-refractivity contribution in [2.24, 2.45) is 0 Å². The SMILES string of the molecule is CN(CC(F)(F)F)C(=O)CNC(=O)c1ccc(/C(F)=C/C(c2cc(Cl)cc(Br)c2)C(F)(F)F)cc1C(F)(F)F. The first-order valence-corrected chi connectivity index (χ1v) is 11.6. The maximum Gasteiger partial charge on any atom is 0.417 e. The maximum absolute atomic E-state index is 14.9. The number of likely N-dealkylation sites (N-methyl/N-ethyl adjacent to an activating group) is 1. The van der Waals surface area contributed by atoms with Crippen LogP contribution in [0.2, 0.25) is 5.02 Å². The van der Waals surface area contributed by atoms with Gasteiger partial charge in [-0.15, -0.1) is 0 Å². The third-order valence-corrected chi connectivity index (χ3v) is 5.67. The Labute approximate surface area is 227 Å². The minimum atomic E-state index is -5.30. The second-order valence-corrected chi connectivity index (χ2v) is 9.39. The van der Waals surface area contributed by atoms with E-state index in [1.54, 1.807) is 5.32 Å². The van der Waals surface area contributed by atoms with Crippen LogP contribution in [0.15, 0.2) is 46.9 Å². The number of hydrogen-bond acceptors (Lipinski definition) is 2. The standard InChI is InChI=1S/C23H16BrClF10N2O2/c1-37(10-21(27,28)29)19(38)9-36-20(39)15-3-2-11(6-17(15)23(33,34)35)18(26)8-16(22(30,31)32)12-4-13(24)7-14(25)5-12/h2-8,16H,9-10H2,1H3,(H,36,39)/b18-8-. The summed E-state index contributed by atoms with van der Waals surface area (Å²) in [4.78, 5) is 24.2. The van der Waals surface area contributed by atoms with Crippen molar-refractivity contribution in [2.45, 2.75) is 24.4 Å². The molecule has 1 atom stereocenters. The molecule has 4 nitrogen and oxygen atoms in total. The van der Waals surface area contributed by atoms with Gasteiger partial charge in [-0.3, -0.25) is 9.59 Å². The maximum atomic E-state index is 14.9. The number of carbonyl (C=O) groups excluding carboxylic acids is 2. The van der Waals surface area contributed by atoms with Gasteiger partial charge < -0.3 is 10.2 Å².